The zero-order valence-electron chi connectivity index (χ0n) is 12.6. The molecule has 0 radical (unpaired) electrons. The maximum absolute atomic E-state index is 12.0. The molecule has 2 amide bonds. The SMILES string of the molecule is COc1ccnc(C(=O)NCc2ccc(C(=O)N(C)C)o2)c1. The second-order valence-corrected chi connectivity index (χ2v) is 4.73. The number of pyridine rings is 1. The first kappa shape index (κ1) is 15.6. The van der Waals surface area contributed by atoms with Gasteiger partial charge >= 0.3 is 0 Å². The fraction of sp³-hybridized carbons (Fsp3) is 0.267. The van der Waals surface area contributed by atoms with Crippen LogP contribution in [0.15, 0.2) is 34.9 Å². The topological polar surface area (TPSA) is 84.7 Å². The first-order chi connectivity index (χ1) is 10.5. The summed E-state index contributed by atoms with van der Waals surface area (Å²) in [6.07, 6.45) is 1.49. The number of nitrogens with one attached hydrogen (secondary N) is 1. The van der Waals surface area contributed by atoms with Crippen LogP contribution in [-0.2, 0) is 6.54 Å². The highest BCUT2D eigenvalue weighted by atomic mass is 16.5. The van der Waals surface area contributed by atoms with Crippen molar-refractivity contribution in [3.05, 3.63) is 47.7 Å². The third-order valence-electron chi connectivity index (χ3n) is 2.90. The zero-order chi connectivity index (χ0) is 16.1. The molecular formula is C15H17N3O4. The van der Waals surface area contributed by atoms with E-state index >= 15 is 0 Å². The lowest BCUT2D eigenvalue weighted by Crippen LogP contribution is -2.23. The van der Waals surface area contributed by atoms with Gasteiger partial charge in [0.05, 0.1) is 13.7 Å². The molecule has 0 saturated carbocycles. The van der Waals surface area contributed by atoms with Gasteiger partial charge in [0.1, 0.15) is 17.2 Å². The minimum absolute atomic E-state index is 0.165. The van der Waals surface area contributed by atoms with Gasteiger partial charge in [0.15, 0.2) is 5.76 Å². The molecular weight excluding hydrogens is 286 g/mol. The number of rotatable bonds is 5. The molecule has 2 heterocycles. The number of carbonyl (C=O) groups excluding carboxylic acids is 2. The van der Waals surface area contributed by atoms with Gasteiger partial charge in [-0.3, -0.25) is 14.6 Å². The summed E-state index contributed by atoms with van der Waals surface area (Å²) in [5, 5.41) is 2.67. The Morgan fingerprint density at radius 1 is 1.32 bits per heavy atom. The van der Waals surface area contributed by atoms with Crippen molar-refractivity contribution in [1.29, 1.82) is 0 Å². The van der Waals surface area contributed by atoms with E-state index < -0.39 is 0 Å². The fourth-order valence-corrected chi connectivity index (χ4v) is 1.73. The predicted molar refractivity (Wildman–Crippen MR) is 78.7 cm³/mol. The van der Waals surface area contributed by atoms with Crippen LogP contribution < -0.4 is 10.1 Å². The van der Waals surface area contributed by atoms with Crippen molar-refractivity contribution in [2.75, 3.05) is 21.2 Å². The molecule has 0 aliphatic rings. The third-order valence-corrected chi connectivity index (χ3v) is 2.90. The van der Waals surface area contributed by atoms with Crippen molar-refractivity contribution < 1.29 is 18.7 Å². The number of nitrogens with zero attached hydrogens (tertiary/aromatic N) is 2. The second kappa shape index (κ2) is 6.75. The van der Waals surface area contributed by atoms with E-state index in [0.29, 0.717) is 11.5 Å². The molecule has 0 spiro atoms. The minimum Gasteiger partial charge on any atom is -0.497 e. The van der Waals surface area contributed by atoms with Gasteiger partial charge in [0.25, 0.3) is 11.8 Å². The number of furan rings is 1. The van der Waals surface area contributed by atoms with Gasteiger partial charge in [-0.2, -0.15) is 0 Å². The molecule has 2 aromatic heterocycles. The van der Waals surface area contributed by atoms with Gasteiger partial charge in [-0.05, 0) is 18.2 Å². The van der Waals surface area contributed by atoms with E-state index in [1.807, 2.05) is 0 Å². The molecule has 2 rings (SSSR count). The van der Waals surface area contributed by atoms with Crippen LogP contribution in [0.25, 0.3) is 0 Å². The Balaban J connectivity index is 1.98. The molecule has 0 aliphatic heterocycles. The van der Waals surface area contributed by atoms with Crippen LogP contribution in [0.2, 0.25) is 0 Å². The molecule has 7 heteroatoms. The number of hydrogen-bond donors (Lipinski definition) is 1. The zero-order valence-corrected chi connectivity index (χ0v) is 12.6. The third kappa shape index (κ3) is 3.63. The quantitative estimate of drug-likeness (QED) is 0.900. The van der Waals surface area contributed by atoms with E-state index in [1.54, 1.807) is 38.4 Å². The molecule has 0 aliphatic carbocycles. The lowest BCUT2D eigenvalue weighted by Gasteiger charge is -2.07. The van der Waals surface area contributed by atoms with Gasteiger partial charge in [-0.25, -0.2) is 0 Å². The molecule has 0 saturated heterocycles. The van der Waals surface area contributed by atoms with E-state index in [1.165, 1.54) is 18.2 Å². The van der Waals surface area contributed by atoms with Crippen molar-refractivity contribution in [2.24, 2.45) is 0 Å². The largest absolute Gasteiger partial charge is 0.497 e. The Kier molecular flexibility index (Phi) is 4.77. The van der Waals surface area contributed by atoms with Gasteiger partial charge in [-0.1, -0.05) is 0 Å². The standard InChI is InChI=1S/C15H17N3O4/c1-18(2)15(20)13-5-4-11(22-13)9-17-14(19)12-8-10(21-3)6-7-16-12/h4-8H,9H2,1-3H3,(H,17,19). The Morgan fingerprint density at radius 3 is 2.77 bits per heavy atom. The number of ether oxygens (including phenoxy) is 1. The lowest BCUT2D eigenvalue weighted by atomic mass is 10.3. The van der Waals surface area contributed by atoms with Crippen LogP contribution in [0, 0.1) is 0 Å². The van der Waals surface area contributed by atoms with Gasteiger partial charge < -0.3 is 19.4 Å². The maximum Gasteiger partial charge on any atom is 0.289 e. The highest BCUT2D eigenvalue weighted by Crippen LogP contribution is 2.11. The van der Waals surface area contributed by atoms with E-state index in [4.69, 9.17) is 9.15 Å². The Hall–Kier alpha value is -2.83. The maximum atomic E-state index is 12.0. The van der Waals surface area contributed by atoms with Crippen molar-refractivity contribution in [3.8, 4) is 5.75 Å². The van der Waals surface area contributed by atoms with Crippen molar-refractivity contribution in [2.45, 2.75) is 6.54 Å². The molecule has 0 bridgehead atoms. The van der Waals surface area contributed by atoms with Gasteiger partial charge in [0.2, 0.25) is 0 Å². The second-order valence-electron chi connectivity index (χ2n) is 4.73. The normalized spacial score (nSPS) is 10.1. The van der Waals surface area contributed by atoms with Crippen LogP contribution in [0.3, 0.4) is 0 Å². The van der Waals surface area contributed by atoms with Gasteiger partial charge in [-0.15, -0.1) is 0 Å². The number of hydrogen-bond acceptors (Lipinski definition) is 5. The van der Waals surface area contributed by atoms with Gasteiger partial charge in [0, 0.05) is 26.4 Å². The summed E-state index contributed by atoms with van der Waals surface area (Å²) in [6.45, 7) is 0.165. The Morgan fingerprint density at radius 2 is 2.09 bits per heavy atom. The monoisotopic (exact) mass is 303 g/mol. The number of aromatic nitrogens is 1. The van der Waals surface area contributed by atoms with Crippen LogP contribution in [0.4, 0.5) is 0 Å². The van der Waals surface area contributed by atoms with E-state index in [9.17, 15) is 9.59 Å². The average Bonchev–Trinajstić information content (AvgIpc) is 3.00. The molecule has 22 heavy (non-hydrogen) atoms. The number of carbonyl (C=O) groups is 2. The highest BCUT2D eigenvalue weighted by Gasteiger charge is 2.14. The van der Waals surface area contributed by atoms with Crippen LogP contribution in [0.1, 0.15) is 26.8 Å². The van der Waals surface area contributed by atoms with Crippen LogP contribution >= 0.6 is 0 Å². The highest BCUT2D eigenvalue weighted by molar-refractivity contribution is 5.92. The van der Waals surface area contributed by atoms with E-state index in [2.05, 4.69) is 10.3 Å². The number of amides is 2. The molecule has 116 valence electrons. The number of methoxy groups -OCH3 is 1. The lowest BCUT2D eigenvalue weighted by molar-refractivity contribution is 0.0794. The smallest absolute Gasteiger partial charge is 0.289 e. The molecule has 1 N–H and O–H groups in total. The van der Waals surface area contributed by atoms with Crippen molar-refractivity contribution in [1.82, 2.24) is 15.2 Å². The van der Waals surface area contributed by atoms with Crippen LogP contribution in [-0.4, -0.2) is 42.9 Å². The molecule has 0 aromatic carbocycles. The molecule has 0 fully saturated rings. The first-order valence-corrected chi connectivity index (χ1v) is 6.60. The summed E-state index contributed by atoms with van der Waals surface area (Å²) in [7, 11) is 4.80. The first-order valence-electron chi connectivity index (χ1n) is 6.60. The van der Waals surface area contributed by atoms with E-state index in [-0.39, 0.29) is 29.8 Å². The minimum atomic E-state index is -0.351. The van der Waals surface area contributed by atoms with E-state index in [0.717, 1.165) is 0 Å². The Bertz CT molecular complexity index is 679. The summed E-state index contributed by atoms with van der Waals surface area (Å²) in [5.41, 5.74) is 0.246. The van der Waals surface area contributed by atoms with Crippen molar-refractivity contribution in [3.63, 3.8) is 0 Å². The van der Waals surface area contributed by atoms with Crippen LogP contribution in [0.5, 0.6) is 5.75 Å². The summed E-state index contributed by atoms with van der Waals surface area (Å²) in [5.74, 6) is 0.690. The average molecular weight is 303 g/mol. The molecule has 7 nitrogen and oxygen atoms in total. The summed E-state index contributed by atoms with van der Waals surface area (Å²) >= 11 is 0. The fourth-order valence-electron chi connectivity index (χ4n) is 1.73. The predicted octanol–water partition coefficient (Wildman–Crippen LogP) is 1.32. The summed E-state index contributed by atoms with van der Waals surface area (Å²) < 4.78 is 10.4. The summed E-state index contributed by atoms with van der Waals surface area (Å²) in [6, 6.07) is 6.42. The summed E-state index contributed by atoms with van der Waals surface area (Å²) in [4.78, 5) is 29.1. The Labute approximate surface area is 127 Å². The molecule has 0 atom stereocenters. The molecule has 0 unspecified atom stereocenters. The molecule has 2 aromatic rings. The van der Waals surface area contributed by atoms with Crippen molar-refractivity contribution >= 4 is 11.8 Å².